The number of hydrogen-bond donors (Lipinski definition) is 1. The Balaban J connectivity index is 1.55. The van der Waals surface area contributed by atoms with Crippen LogP contribution in [-0.2, 0) is 32.4 Å². The van der Waals surface area contributed by atoms with Crippen LogP contribution in [-0.4, -0.2) is 33.4 Å². The summed E-state index contributed by atoms with van der Waals surface area (Å²) in [6, 6.07) is 20.6. The number of sulfonamides is 1. The summed E-state index contributed by atoms with van der Waals surface area (Å²) >= 11 is 0. The first kappa shape index (κ1) is 23.2. The van der Waals surface area contributed by atoms with E-state index in [2.05, 4.69) is 10.6 Å². The standard InChI is InChI=1S/C26H22N2O5S/c1-2-16-27-34(31,32)22-11-7-10-21(17-22)26(30)33-18-25(29)28-23-12-5-3-8-19(23)14-15-20-9-4-6-13-24(20)28/h1,3-13,17,27H,14-16,18H2. The minimum atomic E-state index is -3.87. The van der Waals surface area contributed by atoms with Crippen molar-refractivity contribution >= 4 is 33.3 Å². The van der Waals surface area contributed by atoms with Gasteiger partial charge >= 0.3 is 5.97 Å². The highest BCUT2D eigenvalue weighted by molar-refractivity contribution is 7.89. The summed E-state index contributed by atoms with van der Waals surface area (Å²) < 4.78 is 32.1. The lowest BCUT2D eigenvalue weighted by atomic mass is 10.0. The molecule has 3 aromatic carbocycles. The summed E-state index contributed by atoms with van der Waals surface area (Å²) in [5.74, 6) is 0.975. The monoisotopic (exact) mass is 474 g/mol. The van der Waals surface area contributed by atoms with Gasteiger partial charge in [0.05, 0.1) is 28.4 Å². The van der Waals surface area contributed by atoms with Crippen LogP contribution in [0.5, 0.6) is 0 Å². The number of para-hydroxylation sites is 2. The number of hydrogen-bond acceptors (Lipinski definition) is 5. The second kappa shape index (κ2) is 9.91. The molecule has 1 aliphatic rings. The van der Waals surface area contributed by atoms with E-state index in [1.165, 1.54) is 24.3 Å². The zero-order valence-electron chi connectivity index (χ0n) is 18.2. The van der Waals surface area contributed by atoms with Crippen molar-refractivity contribution in [3.05, 3.63) is 89.5 Å². The van der Waals surface area contributed by atoms with Crippen LogP contribution in [0, 0.1) is 12.3 Å². The maximum Gasteiger partial charge on any atom is 0.338 e. The SMILES string of the molecule is C#CCNS(=O)(=O)c1cccc(C(=O)OCC(=O)N2c3ccccc3CCc3ccccc32)c1. The Labute approximate surface area is 198 Å². The molecule has 0 bridgehead atoms. The number of aryl methyl sites for hydroxylation is 2. The van der Waals surface area contributed by atoms with Crippen LogP contribution in [0.2, 0.25) is 0 Å². The highest BCUT2D eigenvalue weighted by atomic mass is 32.2. The van der Waals surface area contributed by atoms with Crippen molar-refractivity contribution in [2.75, 3.05) is 18.1 Å². The largest absolute Gasteiger partial charge is 0.452 e. The molecule has 1 aliphatic heterocycles. The molecule has 172 valence electrons. The van der Waals surface area contributed by atoms with E-state index in [1.54, 1.807) is 4.90 Å². The van der Waals surface area contributed by atoms with Gasteiger partial charge in [-0.15, -0.1) is 6.42 Å². The van der Waals surface area contributed by atoms with E-state index in [9.17, 15) is 18.0 Å². The first-order valence-corrected chi connectivity index (χ1v) is 12.1. The fourth-order valence-electron chi connectivity index (χ4n) is 3.83. The molecule has 34 heavy (non-hydrogen) atoms. The molecule has 1 amide bonds. The molecule has 1 N–H and O–H groups in total. The number of esters is 1. The topological polar surface area (TPSA) is 92.8 Å². The summed E-state index contributed by atoms with van der Waals surface area (Å²) in [5, 5.41) is 0. The van der Waals surface area contributed by atoms with Crippen LogP contribution < -0.4 is 9.62 Å². The Hall–Kier alpha value is -3.93. The molecule has 1 heterocycles. The Kier molecular flexibility index (Phi) is 6.77. The molecule has 8 heteroatoms. The van der Waals surface area contributed by atoms with Crippen LogP contribution in [0.3, 0.4) is 0 Å². The molecule has 0 aromatic heterocycles. The fourth-order valence-corrected chi connectivity index (χ4v) is 4.81. The Morgan fingerprint density at radius 2 is 1.56 bits per heavy atom. The van der Waals surface area contributed by atoms with Crippen molar-refractivity contribution in [2.24, 2.45) is 0 Å². The molecule has 0 spiro atoms. The highest BCUT2D eigenvalue weighted by Crippen LogP contribution is 2.36. The summed E-state index contributed by atoms with van der Waals surface area (Å²) in [5.41, 5.74) is 3.56. The van der Waals surface area contributed by atoms with Gasteiger partial charge < -0.3 is 4.74 Å². The lowest BCUT2D eigenvalue weighted by Crippen LogP contribution is -2.31. The van der Waals surface area contributed by atoms with Gasteiger partial charge in [0.15, 0.2) is 6.61 Å². The van der Waals surface area contributed by atoms with Crippen LogP contribution in [0.25, 0.3) is 0 Å². The number of anilines is 2. The van der Waals surface area contributed by atoms with Gasteiger partial charge in [0.25, 0.3) is 5.91 Å². The molecule has 0 radical (unpaired) electrons. The second-order valence-electron chi connectivity index (χ2n) is 7.62. The Morgan fingerprint density at radius 3 is 2.18 bits per heavy atom. The van der Waals surface area contributed by atoms with E-state index in [0.29, 0.717) is 0 Å². The summed E-state index contributed by atoms with van der Waals surface area (Å²) in [4.78, 5) is 27.4. The van der Waals surface area contributed by atoms with E-state index >= 15 is 0 Å². The molecule has 0 saturated carbocycles. The molecule has 3 aromatic rings. The predicted octanol–water partition coefficient (Wildman–Crippen LogP) is 3.22. The van der Waals surface area contributed by atoms with Gasteiger partial charge in [0.2, 0.25) is 10.0 Å². The minimum Gasteiger partial charge on any atom is -0.452 e. The van der Waals surface area contributed by atoms with Crippen LogP contribution in [0.15, 0.2) is 77.7 Å². The quantitative estimate of drug-likeness (QED) is 0.438. The van der Waals surface area contributed by atoms with Crippen molar-refractivity contribution in [1.29, 1.82) is 0 Å². The first-order valence-electron chi connectivity index (χ1n) is 10.6. The van der Waals surface area contributed by atoms with Crippen molar-refractivity contribution in [1.82, 2.24) is 4.72 Å². The van der Waals surface area contributed by atoms with E-state index in [-0.39, 0.29) is 17.0 Å². The van der Waals surface area contributed by atoms with Gasteiger partial charge in [0, 0.05) is 0 Å². The number of ether oxygens (including phenoxy) is 1. The van der Waals surface area contributed by atoms with Crippen molar-refractivity contribution in [3.8, 4) is 12.3 Å². The number of nitrogens with one attached hydrogen (secondary N) is 1. The smallest absolute Gasteiger partial charge is 0.338 e. The van der Waals surface area contributed by atoms with Gasteiger partial charge in [0.1, 0.15) is 0 Å². The van der Waals surface area contributed by atoms with E-state index in [4.69, 9.17) is 11.2 Å². The van der Waals surface area contributed by atoms with Crippen LogP contribution in [0.4, 0.5) is 11.4 Å². The van der Waals surface area contributed by atoms with Crippen molar-refractivity contribution < 1.29 is 22.7 Å². The number of nitrogens with zero attached hydrogens (tertiary/aromatic N) is 1. The average molecular weight is 475 g/mol. The summed E-state index contributed by atoms with van der Waals surface area (Å²) in [6.07, 6.45) is 6.67. The molecule has 7 nitrogen and oxygen atoms in total. The molecule has 0 fully saturated rings. The number of fused-ring (bicyclic) bond motifs is 2. The molecular formula is C26H22N2O5S. The second-order valence-corrected chi connectivity index (χ2v) is 9.39. The summed E-state index contributed by atoms with van der Waals surface area (Å²) in [7, 11) is -3.87. The third kappa shape index (κ3) is 4.86. The Morgan fingerprint density at radius 1 is 0.941 bits per heavy atom. The average Bonchev–Trinajstić information content (AvgIpc) is 3.03. The lowest BCUT2D eigenvalue weighted by molar-refractivity contribution is -0.120. The fraction of sp³-hybridized carbons (Fsp3) is 0.154. The lowest BCUT2D eigenvalue weighted by Gasteiger charge is -2.24. The number of terminal acetylenes is 1. The summed E-state index contributed by atoms with van der Waals surface area (Å²) in [6.45, 7) is -0.682. The van der Waals surface area contributed by atoms with Crippen LogP contribution >= 0.6 is 0 Å². The van der Waals surface area contributed by atoms with Gasteiger partial charge in [-0.1, -0.05) is 48.4 Å². The minimum absolute atomic E-state index is 0.00745. The van der Waals surface area contributed by atoms with Crippen molar-refractivity contribution in [3.63, 3.8) is 0 Å². The van der Waals surface area contributed by atoms with Crippen molar-refractivity contribution in [2.45, 2.75) is 17.7 Å². The molecule has 0 saturated heterocycles. The van der Waals surface area contributed by atoms with E-state index < -0.39 is 28.5 Å². The Bertz CT molecular complexity index is 1340. The number of carbonyl (C=O) groups is 2. The number of amides is 1. The first-order chi connectivity index (χ1) is 16.4. The molecule has 0 atom stereocenters. The maximum atomic E-state index is 13.3. The van der Waals surface area contributed by atoms with E-state index in [1.807, 2.05) is 48.5 Å². The van der Waals surface area contributed by atoms with Gasteiger partial charge in [-0.05, 0) is 54.3 Å². The molecule has 0 unspecified atom stereocenters. The van der Waals surface area contributed by atoms with Gasteiger partial charge in [-0.3, -0.25) is 9.69 Å². The molecule has 4 rings (SSSR count). The third-order valence-electron chi connectivity index (χ3n) is 5.45. The number of rotatable bonds is 6. The van der Waals surface area contributed by atoms with Gasteiger partial charge in [-0.25, -0.2) is 13.2 Å². The third-order valence-corrected chi connectivity index (χ3v) is 6.85. The zero-order valence-corrected chi connectivity index (χ0v) is 19.0. The number of benzene rings is 3. The number of carbonyl (C=O) groups excluding carboxylic acids is 2. The van der Waals surface area contributed by atoms with E-state index in [0.717, 1.165) is 35.3 Å². The molecular weight excluding hydrogens is 452 g/mol. The predicted molar refractivity (Wildman–Crippen MR) is 128 cm³/mol. The maximum absolute atomic E-state index is 13.3. The van der Waals surface area contributed by atoms with Gasteiger partial charge in [-0.2, -0.15) is 4.72 Å². The molecule has 0 aliphatic carbocycles. The zero-order chi connectivity index (χ0) is 24.1. The normalized spacial score (nSPS) is 12.6. The van der Waals surface area contributed by atoms with Crippen LogP contribution in [0.1, 0.15) is 21.5 Å². The highest BCUT2D eigenvalue weighted by Gasteiger charge is 2.26.